The number of nitrogen functional groups attached to an aromatic ring is 1. The minimum absolute atomic E-state index is 0.118. The highest BCUT2D eigenvalue weighted by Gasteiger charge is 2.12. The predicted molar refractivity (Wildman–Crippen MR) is 88.7 cm³/mol. The lowest BCUT2D eigenvalue weighted by molar-refractivity contribution is 0.478. The topological polar surface area (TPSA) is 74.9 Å². The number of pyridine rings is 1. The predicted octanol–water partition coefficient (Wildman–Crippen LogP) is 3.46. The summed E-state index contributed by atoms with van der Waals surface area (Å²) >= 11 is 0. The molecule has 0 aliphatic rings. The zero-order chi connectivity index (χ0) is 15.5. The van der Waals surface area contributed by atoms with Crippen LogP contribution < -0.4 is 5.73 Å². The lowest BCUT2D eigenvalue weighted by atomic mass is 10.0. The van der Waals surface area contributed by atoms with Gasteiger partial charge in [-0.15, -0.1) is 0 Å². The van der Waals surface area contributed by atoms with Gasteiger partial charge in [-0.1, -0.05) is 12.1 Å². The van der Waals surface area contributed by atoms with Gasteiger partial charge in [0.15, 0.2) is 0 Å². The number of phenolic OH excluding ortho intramolecular Hbond substituents is 1. The third-order valence-corrected chi connectivity index (χ3v) is 3.87. The molecule has 112 valence electrons. The van der Waals surface area contributed by atoms with Gasteiger partial charge in [0.25, 0.3) is 0 Å². The standard InChI is InChI=1S/C18H19N3O/c1-12-4-7-16(22)18(19)17(12)15-9-14(11-21-15)6-5-13-3-2-8-20-10-13/h2-4,7-11,21-22H,5-6,19H2,1H3. The molecule has 0 aliphatic heterocycles. The lowest BCUT2D eigenvalue weighted by Gasteiger charge is -2.09. The van der Waals surface area contributed by atoms with E-state index >= 15 is 0 Å². The van der Waals surface area contributed by atoms with Crippen molar-refractivity contribution in [2.45, 2.75) is 19.8 Å². The van der Waals surface area contributed by atoms with Crippen LogP contribution in [0.4, 0.5) is 5.69 Å². The van der Waals surface area contributed by atoms with Crippen LogP contribution in [0.3, 0.4) is 0 Å². The van der Waals surface area contributed by atoms with E-state index in [0.717, 1.165) is 29.7 Å². The van der Waals surface area contributed by atoms with E-state index in [1.165, 1.54) is 11.1 Å². The first-order valence-electron chi connectivity index (χ1n) is 7.30. The molecule has 0 saturated heterocycles. The van der Waals surface area contributed by atoms with Crippen LogP contribution in [0.25, 0.3) is 11.3 Å². The van der Waals surface area contributed by atoms with Crippen LogP contribution in [-0.2, 0) is 12.8 Å². The van der Waals surface area contributed by atoms with E-state index in [4.69, 9.17) is 5.73 Å². The molecule has 3 rings (SSSR count). The summed E-state index contributed by atoms with van der Waals surface area (Å²) in [6, 6.07) is 9.62. The maximum absolute atomic E-state index is 9.80. The maximum atomic E-state index is 9.80. The van der Waals surface area contributed by atoms with E-state index in [9.17, 15) is 5.11 Å². The number of hydrogen-bond acceptors (Lipinski definition) is 3. The van der Waals surface area contributed by atoms with Crippen molar-refractivity contribution >= 4 is 5.69 Å². The number of nitrogens with one attached hydrogen (secondary N) is 1. The van der Waals surface area contributed by atoms with Crippen molar-refractivity contribution in [3.05, 3.63) is 65.6 Å². The highest BCUT2D eigenvalue weighted by atomic mass is 16.3. The van der Waals surface area contributed by atoms with E-state index in [-0.39, 0.29) is 5.75 Å². The molecule has 22 heavy (non-hydrogen) atoms. The van der Waals surface area contributed by atoms with Crippen molar-refractivity contribution in [1.82, 2.24) is 9.97 Å². The van der Waals surface area contributed by atoms with Gasteiger partial charge < -0.3 is 15.8 Å². The number of nitrogens with zero attached hydrogens (tertiary/aromatic N) is 1. The Kier molecular flexibility index (Phi) is 3.83. The van der Waals surface area contributed by atoms with Crippen LogP contribution in [0.5, 0.6) is 5.75 Å². The Morgan fingerprint density at radius 3 is 2.77 bits per heavy atom. The number of H-pyrrole nitrogens is 1. The molecule has 0 unspecified atom stereocenters. The SMILES string of the molecule is Cc1ccc(O)c(N)c1-c1cc(CCc2cccnc2)c[nH]1. The van der Waals surface area contributed by atoms with Gasteiger partial charge in [-0.25, -0.2) is 0 Å². The average Bonchev–Trinajstić information content (AvgIpc) is 2.99. The fourth-order valence-electron chi connectivity index (χ4n) is 2.64. The summed E-state index contributed by atoms with van der Waals surface area (Å²) in [6.45, 7) is 1.99. The normalized spacial score (nSPS) is 10.8. The molecule has 3 aromatic rings. The Labute approximate surface area is 129 Å². The summed E-state index contributed by atoms with van der Waals surface area (Å²) in [4.78, 5) is 7.39. The number of aryl methyl sites for hydroxylation is 3. The fourth-order valence-corrected chi connectivity index (χ4v) is 2.64. The Morgan fingerprint density at radius 2 is 2.00 bits per heavy atom. The fraction of sp³-hybridized carbons (Fsp3) is 0.167. The molecular formula is C18H19N3O. The van der Waals surface area contributed by atoms with Gasteiger partial charge in [0.05, 0.1) is 5.69 Å². The third kappa shape index (κ3) is 2.81. The zero-order valence-corrected chi connectivity index (χ0v) is 12.5. The molecule has 0 saturated carbocycles. The Morgan fingerprint density at radius 1 is 1.18 bits per heavy atom. The first-order valence-corrected chi connectivity index (χ1v) is 7.30. The molecule has 4 heteroatoms. The van der Waals surface area contributed by atoms with Crippen LogP contribution in [-0.4, -0.2) is 15.1 Å². The second-order valence-electron chi connectivity index (χ2n) is 5.47. The van der Waals surface area contributed by atoms with Gasteiger partial charge in [-0.05, 0) is 54.7 Å². The molecular weight excluding hydrogens is 274 g/mol. The van der Waals surface area contributed by atoms with Crippen molar-refractivity contribution in [2.24, 2.45) is 0 Å². The Hall–Kier alpha value is -2.75. The van der Waals surface area contributed by atoms with Crippen molar-refractivity contribution in [3.8, 4) is 17.0 Å². The van der Waals surface area contributed by atoms with Gasteiger partial charge in [-0.2, -0.15) is 0 Å². The number of phenols is 1. The number of aromatic hydroxyl groups is 1. The van der Waals surface area contributed by atoms with E-state index in [2.05, 4.69) is 22.1 Å². The second kappa shape index (κ2) is 5.93. The monoisotopic (exact) mass is 293 g/mol. The zero-order valence-electron chi connectivity index (χ0n) is 12.5. The number of nitrogens with two attached hydrogens (primary N) is 1. The number of anilines is 1. The van der Waals surface area contributed by atoms with Gasteiger partial charge >= 0.3 is 0 Å². The van der Waals surface area contributed by atoms with Crippen LogP contribution >= 0.6 is 0 Å². The molecule has 4 N–H and O–H groups in total. The van der Waals surface area contributed by atoms with Gasteiger partial charge in [-0.3, -0.25) is 4.98 Å². The van der Waals surface area contributed by atoms with Gasteiger partial charge in [0.1, 0.15) is 5.75 Å². The number of hydrogen-bond donors (Lipinski definition) is 3. The van der Waals surface area contributed by atoms with Crippen LogP contribution in [0.2, 0.25) is 0 Å². The number of rotatable bonds is 4. The Balaban J connectivity index is 1.81. The summed E-state index contributed by atoms with van der Waals surface area (Å²) in [5.74, 6) is 0.118. The number of benzene rings is 1. The molecule has 0 bridgehead atoms. The van der Waals surface area contributed by atoms with Gasteiger partial charge in [0.2, 0.25) is 0 Å². The summed E-state index contributed by atoms with van der Waals surface area (Å²) in [7, 11) is 0. The highest BCUT2D eigenvalue weighted by molar-refractivity contribution is 5.81. The number of aromatic nitrogens is 2. The molecule has 4 nitrogen and oxygen atoms in total. The van der Waals surface area contributed by atoms with Crippen LogP contribution in [0.1, 0.15) is 16.7 Å². The summed E-state index contributed by atoms with van der Waals surface area (Å²) in [5, 5.41) is 9.80. The molecule has 0 atom stereocenters. The molecule has 0 aliphatic carbocycles. The summed E-state index contributed by atoms with van der Waals surface area (Å²) in [5.41, 5.74) is 11.7. The molecule has 0 spiro atoms. The minimum Gasteiger partial charge on any atom is -0.506 e. The molecule has 0 radical (unpaired) electrons. The maximum Gasteiger partial charge on any atom is 0.139 e. The van der Waals surface area contributed by atoms with Crippen molar-refractivity contribution in [2.75, 3.05) is 5.73 Å². The molecule has 1 aromatic carbocycles. The minimum atomic E-state index is 0.118. The average molecular weight is 293 g/mol. The first kappa shape index (κ1) is 14.2. The van der Waals surface area contributed by atoms with Crippen LogP contribution in [0.15, 0.2) is 48.9 Å². The van der Waals surface area contributed by atoms with E-state index in [0.29, 0.717) is 5.69 Å². The lowest BCUT2D eigenvalue weighted by Crippen LogP contribution is -1.94. The van der Waals surface area contributed by atoms with E-state index in [1.807, 2.05) is 31.5 Å². The van der Waals surface area contributed by atoms with Crippen molar-refractivity contribution < 1.29 is 5.11 Å². The van der Waals surface area contributed by atoms with E-state index < -0.39 is 0 Å². The largest absolute Gasteiger partial charge is 0.506 e. The first-order chi connectivity index (χ1) is 10.6. The van der Waals surface area contributed by atoms with Crippen LogP contribution in [0, 0.1) is 6.92 Å². The molecule has 2 heterocycles. The third-order valence-electron chi connectivity index (χ3n) is 3.87. The van der Waals surface area contributed by atoms with Crippen molar-refractivity contribution in [3.63, 3.8) is 0 Å². The molecule has 0 amide bonds. The van der Waals surface area contributed by atoms with E-state index in [1.54, 1.807) is 12.3 Å². The number of aromatic amines is 1. The molecule has 0 fully saturated rings. The molecule has 2 aromatic heterocycles. The summed E-state index contributed by atoms with van der Waals surface area (Å²) in [6.07, 6.45) is 7.55. The quantitative estimate of drug-likeness (QED) is 0.509. The summed E-state index contributed by atoms with van der Waals surface area (Å²) < 4.78 is 0. The highest BCUT2D eigenvalue weighted by Crippen LogP contribution is 2.35. The second-order valence-corrected chi connectivity index (χ2v) is 5.47. The Bertz CT molecular complexity index is 778. The smallest absolute Gasteiger partial charge is 0.139 e. The van der Waals surface area contributed by atoms with Crippen molar-refractivity contribution in [1.29, 1.82) is 0 Å². The van der Waals surface area contributed by atoms with Gasteiger partial charge in [0, 0.05) is 29.8 Å².